The lowest BCUT2D eigenvalue weighted by atomic mass is 10.2. The lowest BCUT2D eigenvalue weighted by Crippen LogP contribution is -2.05. The molecule has 5 heteroatoms. The van der Waals surface area contributed by atoms with Crippen molar-refractivity contribution in [2.45, 2.75) is 19.9 Å². The van der Waals surface area contributed by atoms with Gasteiger partial charge in [-0.1, -0.05) is 0 Å². The number of rotatable bonds is 2. The lowest BCUT2D eigenvalue weighted by molar-refractivity contribution is 0.661. The van der Waals surface area contributed by atoms with Gasteiger partial charge in [-0.05, 0) is 56.4 Å². The van der Waals surface area contributed by atoms with Crippen molar-refractivity contribution in [1.29, 1.82) is 5.26 Å². The number of nitrogens with zero attached hydrogens (tertiary/aromatic N) is 2. The third-order valence-corrected chi connectivity index (χ3v) is 4.88. The van der Waals surface area contributed by atoms with Crippen LogP contribution in [-0.4, -0.2) is 9.55 Å². The summed E-state index contributed by atoms with van der Waals surface area (Å²) in [5.41, 5.74) is 2.59. The zero-order valence-corrected chi connectivity index (χ0v) is 12.8. The molecule has 0 bridgehead atoms. The van der Waals surface area contributed by atoms with Gasteiger partial charge in [-0.15, -0.1) is 11.3 Å². The Kier molecular flexibility index (Phi) is 3.20. The average molecular weight is 299 g/mol. The minimum atomic E-state index is 0.156. The van der Waals surface area contributed by atoms with E-state index in [9.17, 15) is 0 Å². The molecule has 2 heterocycles. The molecule has 0 saturated heterocycles. The highest BCUT2D eigenvalue weighted by atomic mass is 32.1. The molecule has 0 spiro atoms. The summed E-state index contributed by atoms with van der Waals surface area (Å²) in [6, 6.07) is 12.2. The Morgan fingerprint density at radius 1 is 1.35 bits per heavy atom. The first-order chi connectivity index (χ1) is 9.60. The summed E-state index contributed by atoms with van der Waals surface area (Å²) in [6.45, 7) is 4.23. The molecular formula is C15H13N3S2. The van der Waals surface area contributed by atoms with Crippen LogP contribution in [0.2, 0.25) is 0 Å². The second-order valence-electron chi connectivity index (χ2n) is 4.77. The molecule has 0 aliphatic carbocycles. The fourth-order valence-corrected chi connectivity index (χ4v) is 3.67. The molecule has 3 nitrogen and oxygen atoms in total. The molecule has 1 unspecified atom stereocenters. The topological polar surface area (TPSA) is 44.5 Å². The average Bonchev–Trinajstić information content (AvgIpc) is 3.00. The molecule has 0 amide bonds. The van der Waals surface area contributed by atoms with Crippen LogP contribution < -0.4 is 0 Å². The number of H-pyrrole nitrogens is 1. The predicted octanol–water partition coefficient (Wildman–Crippen LogP) is 4.55. The van der Waals surface area contributed by atoms with Crippen LogP contribution in [0.4, 0.5) is 0 Å². The number of nitrogens with one attached hydrogen (secondary N) is 1. The smallest absolute Gasteiger partial charge is 0.178 e. The van der Waals surface area contributed by atoms with Crippen molar-refractivity contribution in [3.8, 4) is 6.07 Å². The first-order valence-electron chi connectivity index (χ1n) is 6.31. The Labute approximate surface area is 126 Å². The standard InChI is InChI=1S/C15H13N3S2/c1-9-3-6-14(20-9)10(2)18-13-7-11(8-16)4-5-12(13)17-15(18)19/h3-7,10H,1-2H3,(H,17,19). The van der Waals surface area contributed by atoms with Crippen LogP contribution in [0.15, 0.2) is 30.3 Å². The molecule has 0 aliphatic heterocycles. The Hall–Kier alpha value is -1.90. The van der Waals surface area contributed by atoms with E-state index in [1.54, 1.807) is 17.4 Å². The summed E-state index contributed by atoms with van der Waals surface area (Å²) in [6.07, 6.45) is 0. The molecule has 0 fully saturated rings. The number of aromatic nitrogens is 2. The van der Waals surface area contributed by atoms with E-state index >= 15 is 0 Å². The number of aromatic amines is 1. The molecule has 3 aromatic rings. The monoisotopic (exact) mass is 299 g/mol. The van der Waals surface area contributed by atoms with Gasteiger partial charge in [0.05, 0.1) is 28.7 Å². The SMILES string of the molecule is Cc1ccc(C(C)n2c(=S)[nH]c3ccc(C#N)cc32)s1. The molecule has 1 atom stereocenters. The minimum Gasteiger partial charge on any atom is -0.331 e. The number of benzene rings is 1. The maximum absolute atomic E-state index is 9.06. The van der Waals surface area contributed by atoms with Gasteiger partial charge in [0.15, 0.2) is 4.77 Å². The van der Waals surface area contributed by atoms with E-state index in [4.69, 9.17) is 17.5 Å². The third-order valence-electron chi connectivity index (χ3n) is 3.41. The van der Waals surface area contributed by atoms with Crippen molar-refractivity contribution >= 4 is 34.6 Å². The van der Waals surface area contributed by atoms with Gasteiger partial charge in [0.2, 0.25) is 0 Å². The summed E-state index contributed by atoms with van der Waals surface area (Å²) in [7, 11) is 0. The second-order valence-corrected chi connectivity index (χ2v) is 6.47. The summed E-state index contributed by atoms with van der Waals surface area (Å²) in [4.78, 5) is 5.76. The Morgan fingerprint density at radius 2 is 2.15 bits per heavy atom. The van der Waals surface area contributed by atoms with E-state index in [0.717, 1.165) is 11.0 Å². The van der Waals surface area contributed by atoms with Gasteiger partial charge >= 0.3 is 0 Å². The lowest BCUT2D eigenvalue weighted by Gasteiger charge is -2.13. The maximum Gasteiger partial charge on any atom is 0.178 e. The number of nitriles is 1. The van der Waals surface area contributed by atoms with E-state index < -0.39 is 0 Å². The molecule has 3 rings (SSSR count). The van der Waals surface area contributed by atoms with Crippen molar-refractivity contribution in [3.05, 3.63) is 50.4 Å². The van der Waals surface area contributed by atoms with Gasteiger partial charge in [-0.2, -0.15) is 5.26 Å². The molecule has 1 aromatic carbocycles. The molecule has 2 aromatic heterocycles. The van der Waals surface area contributed by atoms with Crippen LogP contribution in [0.1, 0.15) is 28.3 Å². The van der Waals surface area contributed by atoms with Gasteiger partial charge in [0.25, 0.3) is 0 Å². The fraction of sp³-hybridized carbons (Fsp3) is 0.200. The summed E-state index contributed by atoms with van der Waals surface area (Å²) < 4.78 is 2.77. The largest absolute Gasteiger partial charge is 0.331 e. The number of hydrogen-bond acceptors (Lipinski definition) is 3. The quantitative estimate of drug-likeness (QED) is 0.705. The summed E-state index contributed by atoms with van der Waals surface area (Å²) in [5.74, 6) is 0. The van der Waals surface area contributed by atoms with Crippen LogP contribution in [0.3, 0.4) is 0 Å². The number of hydrogen-bond donors (Lipinski definition) is 1. The molecule has 0 saturated carbocycles. The first kappa shape index (κ1) is 13.1. The highest BCUT2D eigenvalue weighted by Gasteiger charge is 2.15. The van der Waals surface area contributed by atoms with E-state index in [1.807, 2.05) is 12.1 Å². The summed E-state index contributed by atoms with van der Waals surface area (Å²) in [5, 5.41) is 9.06. The normalized spacial score (nSPS) is 12.4. The number of thiophene rings is 1. The van der Waals surface area contributed by atoms with Crippen LogP contribution in [0.5, 0.6) is 0 Å². The minimum absolute atomic E-state index is 0.156. The Bertz CT molecular complexity index is 877. The fourth-order valence-electron chi connectivity index (χ4n) is 2.38. The Morgan fingerprint density at radius 3 is 2.80 bits per heavy atom. The van der Waals surface area contributed by atoms with E-state index in [1.165, 1.54) is 9.75 Å². The number of aryl methyl sites for hydroxylation is 1. The van der Waals surface area contributed by atoms with E-state index in [-0.39, 0.29) is 6.04 Å². The van der Waals surface area contributed by atoms with E-state index in [2.05, 4.69) is 41.6 Å². The van der Waals surface area contributed by atoms with Crippen LogP contribution in [0.25, 0.3) is 11.0 Å². The molecule has 0 radical (unpaired) electrons. The van der Waals surface area contributed by atoms with Gasteiger partial charge in [0.1, 0.15) is 0 Å². The van der Waals surface area contributed by atoms with Crippen LogP contribution in [0, 0.1) is 23.0 Å². The summed E-state index contributed by atoms with van der Waals surface area (Å²) >= 11 is 7.22. The zero-order valence-electron chi connectivity index (χ0n) is 11.2. The molecule has 0 aliphatic rings. The van der Waals surface area contributed by atoms with Crippen molar-refractivity contribution in [2.24, 2.45) is 0 Å². The highest BCUT2D eigenvalue weighted by molar-refractivity contribution is 7.71. The third kappa shape index (κ3) is 2.07. The van der Waals surface area contributed by atoms with Crippen molar-refractivity contribution in [3.63, 3.8) is 0 Å². The molecule has 20 heavy (non-hydrogen) atoms. The maximum atomic E-state index is 9.06. The number of fused-ring (bicyclic) bond motifs is 1. The number of imidazole rings is 1. The van der Waals surface area contributed by atoms with Crippen molar-refractivity contribution < 1.29 is 0 Å². The highest BCUT2D eigenvalue weighted by Crippen LogP contribution is 2.29. The molecular weight excluding hydrogens is 286 g/mol. The predicted molar refractivity (Wildman–Crippen MR) is 84.7 cm³/mol. The van der Waals surface area contributed by atoms with Gasteiger partial charge < -0.3 is 9.55 Å². The molecule has 100 valence electrons. The molecule has 1 N–H and O–H groups in total. The Balaban J connectivity index is 2.22. The van der Waals surface area contributed by atoms with Crippen molar-refractivity contribution in [1.82, 2.24) is 9.55 Å². The van der Waals surface area contributed by atoms with Crippen molar-refractivity contribution in [2.75, 3.05) is 0 Å². The van der Waals surface area contributed by atoms with Gasteiger partial charge in [0, 0.05) is 9.75 Å². The van der Waals surface area contributed by atoms with Gasteiger partial charge in [-0.3, -0.25) is 0 Å². The second kappa shape index (κ2) is 4.89. The zero-order chi connectivity index (χ0) is 14.3. The van der Waals surface area contributed by atoms with Crippen LogP contribution in [-0.2, 0) is 0 Å². The van der Waals surface area contributed by atoms with Gasteiger partial charge in [-0.25, -0.2) is 0 Å². The van der Waals surface area contributed by atoms with E-state index in [0.29, 0.717) is 10.3 Å². The van der Waals surface area contributed by atoms with Crippen LogP contribution >= 0.6 is 23.6 Å². The first-order valence-corrected chi connectivity index (χ1v) is 7.53.